The first-order valence-corrected chi connectivity index (χ1v) is 12.0. The standard InChI is InChI=1S/C25H34ClN3O6/c1-14(2)10-18(28(6)23(33)35-24(3,4)5)20(30)29-13-25(12-19(29)21(31)34-7)16-11-15(26)8-9-17(16)27-22(25)32/h8-9,11,14,18-19H,10,12-13H2,1-7H3,(H,27,32)/t18-,19-,25-/m0/s1. The highest BCUT2D eigenvalue weighted by Crippen LogP contribution is 2.47. The zero-order valence-electron chi connectivity index (χ0n) is 21.3. The van der Waals surface area contributed by atoms with Gasteiger partial charge >= 0.3 is 12.1 Å². The Bertz CT molecular complexity index is 1040. The van der Waals surface area contributed by atoms with Crippen molar-refractivity contribution in [2.75, 3.05) is 26.0 Å². The van der Waals surface area contributed by atoms with Crippen LogP contribution in [0.3, 0.4) is 0 Å². The van der Waals surface area contributed by atoms with Crippen LogP contribution in [0.25, 0.3) is 0 Å². The Morgan fingerprint density at radius 2 is 1.94 bits per heavy atom. The molecule has 2 aliphatic heterocycles. The molecule has 10 heteroatoms. The van der Waals surface area contributed by atoms with E-state index in [0.717, 1.165) is 0 Å². The van der Waals surface area contributed by atoms with E-state index in [2.05, 4.69) is 5.32 Å². The molecule has 192 valence electrons. The molecular formula is C25H34ClN3O6. The van der Waals surface area contributed by atoms with Gasteiger partial charge in [-0.1, -0.05) is 25.4 Å². The quantitative estimate of drug-likeness (QED) is 0.611. The van der Waals surface area contributed by atoms with Crippen LogP contribution in [-0.2, 0) is 29.3 Å². The third-order valence-corrected chi connectivity index (χ3v) is 6.66. The lowest BCUT2D eigenvalue weighted by atomic mass is 9.79. The Morgan fingerprint density at radius 3 is 2.51 bits per heavy atom. The van der Waals surface area contributed by atoms with Crippen molar-refractivity contribution >= 4 is 41.2 Å². The molecule has 0 bridgehead atoms. The first-order valence-electron chi connectivity index (χ1n) is 11.7. The second-order valence-electron chi connectivity index (χ2n) is 10.7. The van der Waals surface area contributed by atoms with E-state index >= 15 is 0 Å². The Morgan fingerprint density at radius 1 is 1.29 bits per heavy atom. The van der Waals surface area contributed by atoms with Gasteiger partial charge in [-0.15, -0.1) is 0 Å². The number of likely N-dealkylation sites (tertiary alicyclic amines) is 1. The number of benzene rings is 1. The third kappa shape index (κ3) is 5.24. The predicted molar refractivity (Wildman–Crippen MR) is 131 cm³/mol. The smallest absolute Gasteiger partial charge is 0.410 e. The number of halogens is 1. The Kier molecular flexibility index (Phi) is 7.41. The van der Waals surface area contributed by atoms with E-state index < -0.39 is 41.1 Å². The van der Waals surface area contributed by atoms with Gasteiger partial charge in [0, 0.05) is 24.3 Å². The number of nitrogens with one attached hydrogen (secondary N) is 1. The van der Waals surface area contributed by atoms with Crippen LogP contribution in [0.5, 0.6) is 0 Å². The molecule has 2 aliphatic rings. The average molecular weight is 508 g/mol. The lowest BCUT2D eigenvalue weighted by Crippen LogP contribution is -2.54. The fraction of sp³-hybridized carbons (Fsp3) is 0.600. The number of nitrogens with zero attached hydrogens (tertiary/aromatic N) is 2. The van der Waals surface area contributed by atoms with Crippen molar-refractivity contribution in [3.63, 3.8) is 0 Å². The average Bonchev–Trinajstić information content (AvgIpc) is 3.28. The minimum Gasteiger partial charge on any atom is -0.467 e. The Labute approximate surface area is 211 Å². The summed E-state index contributed by atoms with van der Waals surface area (Å²) < 4.78 is 10.5. The van der Waals surface area contributed by atoms with Gasteiger partial charge in [-0.3, -0.25) is 14.5 Å². The number of hydrogen-bond donors (Lipinski definition) is 1. The van der Waals surface area contributed by atoms with Gasteiger partial charge in [0.2, 0.25) is 11.8 Å². The molecule has 1 saturated heterocycles. The van der Waals surface area contributed by atoms with Crippen LogP contribution >= 0.6 is 11.6 Å². The number of rotatable bonds is 5. The maximum Gasteiger partial charge on any atom is 0.410 e. The molecule has 0 aliphatic carbocycles. The number of esters is 1. The molecule has 1 N–H and O–H groups in total. The molecule has 1 fully saturated rings. The number of carbonyl (C=O) groups excluding carboxylic acids is 4. The fourth-order valence-electron chi connectivity index (χ4n) is 4.75. The topological polar surface area (TPSA) is 105 Å². The summed E-state index contributed by atoms with van der Waals surface area (Å²) in [5, 5.41) is 3.30. The van der Waals surface area contributed by atoms with Gasteiger partial charge in [0.25, 0.3) is 0 Å². The number of carbonyl (C=O) groups is 4. The third-order valence-electron chi connectivity index (χ3n) is 6.42. The van der Waals surface area contributed by atoms with Gasteiger partial charge < -0.3 is 19.7 Å². The molecule has 3 amide bonds. The van der Waals surface area contributed by atoms with Crippen LogP contribution < -0.4 is 5.32 Å². The molecule has 3 rings (SSSR count). The van der Waals surface area contributed by atoms with E-state index in [1.165, 1.54) is 24.0 Å². The predicted octanol–water partition coefficient (Wildman–Crippen LogP) is 3.59. The van der Waals surface area contributed by atoms with Gasteiger partial charge in [0.1, 0.15) is 17.7 Å². The van der Waals surface area contributed by atoms with E-state index in [-0.39, 0.29) is 24.8 Å². The van der Waals surface area contributed by atoms with Gasteiger partial charge in [-0.05, 0) is 63.3 Å². The number of hydrogen-bond acceptors (Lipinski definition) is 6. The van der Waals surface area contributed by atoms with Crippen LogP contribution in [0.4, 0.5) is 10.5 Å². The van der Waals surface area contributed by atoms with Crippen molar-refractivity contribution in [1.29, 1.82) is 0 Å². The van der Waals surface area contributed by atoms with Crippen molar-refractivity contribution in [2.45, 2.75) is 70.6 Å². The summed E-state index contributed by atoms with van der Waals surface area (Å²) in [6, 6.07) is 3.18. The molecule has 0 radical (unpaired) electrons. The molecule has 0 aromatic heterocycles. The van der Waals surface area contributed by atoms with Crippen molar-refractivity contribution in [3.05, 3.63) is 28.8 Å². The number of ether oxygens (including phenoxy) is 2. The molecule has 2 heterocycles. The maximum atomic E-state index is 14.0. The van der Waals surface area contributed by atoms with Gasteiger partial charge in [-0.25, -0.2) is 9.59 Å². The van der Waals surface area contributed by atoms with E-state index in [4.69, 9.17) is 21.1 Å². The monoisotopic (exact) mass is 507 g/mol. The number of likely N-dealkylation sites (N-methyl/N-ethyl adjacent to an activating group) is 1. The molecule has 35 heavy (non-hydrogen) atoms. The zero-order chi connectivity index (χ0) is 26.3. The summed E-state index contributed by atoms with van der Waals surface area (Å²) in [5.41, 5.74) is -0.655. The normalized spacial score (nSPS) is 22.1. The molecule has 1 spiro atoms. The summed E-state index contributed by atoms with van der Waals surface area (Å²) in [4.78, 5) is 55.5. The largest absolute Gasteiger partial charge is 0.467 e. The first-order chi connectivity index (χ1) is 16.2. The van der Waals surface area contributed by atoms with Gasteiger partial charge in [0.15, 0.2) is 0 Å². The van der Waals surface area contributed by atoms with Gasteiger partial charge in [-0.2, -0.15) is 0 Å². The van der Waals surface area contributed by atoms with E-state index in [1.807, 2.05) is 13.8 Å². The zero-order valence-corrected chi connectivity index (χ0v) is 22.1. The Balaban J connectivity index is 2.00. The van der Waals surface area contributed by atoms with E-state index in [0.29, 0.717) is 22.7 Å². The molecule has 9 nitrogen and oxygen atoms in total. The van der Waals surface area contributed by atoms with Crippen molar-refractivity contribution in [1.82, 2.24) is 9.80 Å². The van der Waals surface area contributed by atoms with Gasteiger partial charge in [0.05, 0.1) is 12.5 Å². The molecule has 3 atom stereocenters. The second-order valence-corrected chi connectivity index (χ2v) is 11.1. The number of anilines is 1. The molecule has 1 aromatic rings. The maximum absolute atomic E-state index is 14.0. The summed E-state index contributed by atoms with van der Waals surface area (Å²) in [7, 11) is 2.75. The van der Waals surface area contributed by atoms with Crippen molar-refractivity contribution in [2.24, 2.45) is 5.92 Å². The summed E-state index contributed by atoms with van der Waals surface area (Å²) in [5.74, 6) is -1.31. The second kappa shape index (κ2) is 9.68. The van der Waals surface area contributed by atoms with Crippen molar-refractivity contribution in [3.8, 4) is 0 Å². The van der Waals surface area contributed by atoms with Crippen LogP contribution in [0.2, 0.25) is 5.02 Å². The lowest BCUT2D eigenvalue weighted by Gasteiger charge is -2.34. The lowest BCUT2D eigenvalue weighted by molar-refractivity contribution is -0.152. The number of methoxy groups -OCH3 is 1. The highest BCUT2D eigenvalue weighted by Gasteiger charge is 2.58. The minimum absolute atomic E-state index is 0.0401. The summed E-state index contributed by atoms with van der Waals surface area (Å²) in [6.45, 7) is 9.08. The SMILES string of the molecule is COC(=O)[C@@H]1C[C@@]2(CN1C(=O)[C@H](CC(C)C)N(C)C(=O)OC(C)(C)C)C(=O)Nc1ccc(Cl)cc12. The van der Waals surface area contributed by atoms with Crippen LogP contribution in [0.15, 0.2) is 18.2 Å². The van der Waals surface area contributed by atoms with E-state index in [1.54, 1.807) is 39.0 Å². The first kappa shape index (κ1) is 26.8. The number of amides is 3. The van der Waals surface area contributed by atoms with Crippen LogP contribution in [0.1, 0.15) is 53.0 Å². The summed E-state index contributed by atoms with van der Waals surface area (Å²) in [6.07, 6.45) is -0.244. The fourth-order valence-corrected chi connectivity index (χ4v) is 4.93. The van der Waals surface area contributed by atoms with Crippen LogP contribution in [-0.4, -0.2) is 72.1 Å². The van der Waals surface area contributed by atoms with Crippen molar-refractivity contribution < 1.29 is 28.7 Å². The highest BCUT2D eigenvalue weighted by atomic mass is 35.5. The highest BCUT2D eigenvalue weighted by molar-refractivity contribution is 6.31. The Hall–Kier alpha value is -2.81. The number of fused-ring (bicyclic) bond motifs is 2. The molecular weight excluding hydrogens is 474 g/mol. The summed E-state index contributed by atoms with van der Waals surface area (Å²) >= 11 is 6.23. The van der Waals surface area contributed by atoms with E-state index in [9.17, 15) is 19.2 Å². The van der Waals surface area contributed by atoms with Crippen LogP contribution in [0, 0.1) is 5.92 Å². The minimum atomic E-state index is -1.15. The molecule has 1 aromatic carbocycles. The molecule has 0 saturated carbocycles. The molecule has 0 unspecified atom stereocenters.